The minimum atomic E-state index is 0.673. The van der Waals surface area contributed by atoms with Gasteiger partial charge in [-0.15, -0.1) is 0 Å². The molecule has 0 aliphatic carbocycles. The highest BCUT2D eigenvalue weighted by Crippen LogP contribution is 2.32. The van der Waals surface area contributed by atoms with E-state index in [0.717, 1.165) is 19.1 Å². The molecule has 2 fully saturated rings. The van der Waals surface area contributed by atoms with Gasteiger partial charge in [0.2, 0.25) is 0 Å². The summed E-state index contributed by atoms with van der Waals surface area (Å²) in [5.74, 6) is 0. The summed E-state index contributed by atoms with van der Waals surface area (Å²) >= 11 is 0. The molecule has 2 unspecified atom stereocenters. The van der Waals surface area contributed by atoms with Gasteiger partial charge in [0.05, 0.1) is 12.0 Å². The smallest absolute Gasteiger partial charge is 0.0952 e. The van der Waals surface area contributed by atoms with Gasteiger partial charge in [0.1, 0.15) is 0 Å². The number of hydrogen-bond acceptors (Lipinski definition) is 3. The molecule has 0 saturated carbocycles. The normalized spacial score (nSPS) is 28.5. The van der Waals surface area contributed by atoms with Crippen LogP contribution in [-0.2, 0) is 6.54 Å². The van der Waals surface area contributed by atoms with Crippen molar-refractivity contribution in [1.29, 1.82) is 0 Å². The number of fused-ring (bicyclic) bond motifs is 1. The third-order valence-electron chi connectivity index (χ3n) is 4.43. The fourth-order valence-electron chi connectivity index (χ4n) is 3.40. The van der Waals surface area contributed by atoms with Crippen molar-refractivity contribution in [3.8, 4) is 0 Å². The molecular weight excluding hydrogens is 224 g/mol. The highest BCUT2D eigenvalue weighted by atomic mass is 15.2. The maximum atomic E-state index is 4.50. The van der Waals surface area contributed by atoms with E-state index < -0.39 is 0 Å². The first-order chi connectivity index (χ1) is 8.86. The zero-order valence-electron chi connectivity index (χ0n) is 11.3. The van der Waals surface area contributed by atoms with Crippen molar-refractivity contribution in [2.24, 2.45) is 0 Å². The molecule has 0 radical (unpaired) electrons. The first-order valence-electron chi connectivity index (χ1n) is 7.34. The van der Waals surface area contributed by atoms with Crippen LogP contribution in [0.3, 0.4) is 0 Å². The minimum absolute atomic E-state index is 0.673. The molecule has 1 aromatic rings. The first kappa shape index (κ1) is 12.2. The van der Waals surface area contributed by atoms with Crippen molar-refractivity contribution in [2.45, 2.75) is 51.2 Å². The molecule has 3 heterocycles. The Balaban J connectivity index is 1.62. The van der Waals surface area contributed by atoms with Crippen LogP contribution in [0, 0.1) is 0 Å². The summed E-state index contributed by atoms with van der Waals surface area (Å²) in [6.07, 6.45) is 9.66. The van der Waals surface area contributed by atoms with Gasteiger partial charge in [0.25, 0.3) is 0 Å². The maximum Gasteiger partial charge on any atom is 0.0952 e. The summed E-state index contributed by atoms with van der Waals surface area (Å²) in [6, 6.07) is 1.51. The fraction of sp³-hybridized carbons (Fsp3) is 0.786. The Morgan fingerprint density at radius 1 is 1.33 bits per heavy atom. The van der Waals surface area contributed by atoms with Gasteiger partial charge in [-0.3, -0.25) is 0 Å². The largest absolute Gasteiger partial charge is 0.334 e. The first-order valence-corrected chi connectivity index (χ1v) is 7.34. The lowest BCUT2D eigenvalue weighted by Crippen LogP contribution is -2.38. The summed E-state index contributed by atoms with van der Waals surface area (Å²) in [7, 11) is 0. The lowest BCUT2D eigenvalue weighted by molar-refractivity contribution is 0.155. The van der Waals surface area contributed by atoms with Crippen molar-refractivity contribution in [3.05, 3.63) is 18.2 Å². The van der Waals surface area contributed by atoms with Gasteiger partial charge in [-0.25, -0.2) is 4.98 Å². The lowest BCUT2D eigenvalue weighted by atomic mass is 9.97. The molecule has 3 rings (SSSR count). The summed E-state index contributed by atoms with van der Waals surface area (Å²) in [4.78, 5) is 7.17. The molecule has 2 aliphatic rings. The molecule has 0 spiro atoms. The Bertz CT molecular complexity index is 387. The molecule has 2 atom stereocenters. The molecule has 0 aromatic carbocycles. The molecule has 0 bridgehead atoms. The second kappa shape index (κ2) is 5.41. The lowest BCUT2D eigenvalue weighted by Gasteiger charge is -2.35. The van der Waals surface area contributed by atoms with E-state index in [1.165, 1.54) is 44.5 Å². The van der Waals surface area contributed by atoms with Gasteiger partial charge < -0.3 is 14.8 Å². The van der Waals surface area contributed by atoms with Crippen LogP contribution in [0.15, 0.2) is 12.5 Å². The van der Waals surface area contributed by atoms with Crippen LogP contribution in [0.1, 0.15) is 44.3 Å². The van der Waals surface area contributed by atoms with Crippen molar-refractivity contribution >= 4 is 0 Å². The van der Waals surface area contributed by atoms with Gasteiger partial charge in [-0.05, 0) is 38.8 Å². The Hall–Kier alpha value is -0.870. The molecule has 2 saturated heterocycles. The molecular formula is C14H24N4. The fourth-order valence-corrected chi connectivity index (χ4v) is 3.40. The summed E-state index contributed by atoms with van der Waals surface area (Å²) in [6.45, 7) is 6.63. The van der Waals surface area contributed by atoms with E-state index in [0.29, 0.717) is 6.04 Å². The number of aromatic nitrogens is 2. The van der Waals surface area contributed by atoms with Crippen LogP contribution in [0.5, 0.6) is 0 Å². The van der Waals surface area contributed by atoms with E-state index in [9.17, 15) is 0 Å². The topological polar surface area (TPSA) is 33.1 Å². The molecule has 4 nitrogen and oxygen atoms in total. The average molecular weight is 248 g/mol. The van der Waals surface area contributed by atoms with E-state index in [1.54, 1.807) is 0 Å². The molecule has 2 aliphatic heterocycles. The van der Waals surface area contributed by atoms with Crippen molar-refractivity contribution in [1.82, 2.24) is 19.8 Å². The summed E-state index contributed by atoms with van der Waals surface area (Å²) < 4.78 is 2.35. The van der Waals surface area contributed by atoms with Crippen molar-refractivity contribution < 1.29 is 0 Å². The Labute approximate surface area is 109 Å². The molecule has 18 heavy (non-hydrogen) atoms. The van der Waals surface area contributed by atoms with E-state index in [-0.39, 0.29) is 0 Å². The Morgan fingerprint density at radius 2 is 2.28 bits per heavy atom. The molecule has 4 heteroatoms. The van der Waals surface area contributed by atoms with Crippen LogP contribution in [0.2, 0.25) is 0 Å². The van der Waals surface area contributed by atoms with Crippen LogP contribution in [-0.4, -0.2) is 40.1 Å². The van der Waals surface area contributed by atoms with E-state index in [1.807, 2.05) is 6.33 Å². The van der Waals surface area contributed by atoms with Crippen molar-refractivity contribution in [2.75, 3.05) is 19.6 Å². The van der Waals surface area contributed by atoms with Crippen LogP contribution >= 0.6 is 0 Å². The number of hydrogen-bond donors (Lipinski definition) is 1. The highest BCUT2D eigenvalue weighted by Gasteiger charge is 2.32. The third kappa shape index (κ3) is 2.45. The van der Waals surface area contributed by atoms with E-state index in [4.69, 9.17) is 0 Å². The standard InChI is InChI=1S/C14H24N4/c1-2-15-9-12-10-18(11-16-12)14-5-7-17-6-3-4-13(17)8-14/h10-11,13-15H,2-9H2,1H3. The van der Waals surface area contributed by atoms with Crippen LogP contribution in [0.4, 0.5) is 0 Å². The van der Waals surface area contributed by atoms with Gasteiger partial charge in [-0.1, -0.05) is 6.92 Å². The predicted molar refractivity (Wildman–Crippen MR) is 72.5 cm³/mol. The van der Waals surface area contributed by atoms with Gasteiger partial charge in [0, 0.05) is 31.4 Å². The van der Waals surface area contributed by atoms with Gasteiger partial charge in [-0.2, -0.15) is 0 Å². The maximum absolute atomic E-state index is 4.50. The van der Waals surface area contributed by atoms with Gasteiger partial charge in [0.15, 0.2) is 0 Å². The zero-order chi connectivity index (χ0) is 12.4. The Morgan fingerprint density at radius 3 is 3.17 bits per heavy atom. The Kier molecular flexibility index (Phi) is 3.66. The number of imidazole rings is 1. The predicted octanol–water partition coefficient (Wildman–Crippen LogP) is 1.79. The molecule has 1 aromatic heterocycles. The molecule has 0 amide bonds. The van der Waals surface area contributed by atoms with Crippen LogP contribution < -0.4 is 5.32 Å². The van der Waals surface area contributed by atoms with Crippen molar-refractivity contribution in [3.63, 3.8) is 0 Å². The molecule has 1 N–H and O–H groups in total. The third-order valence-corrected chi connectivity index (χ3v) is 4.43. The highest BCUT2D eigenvalue weighted by molar-refractivity contribution is 4.99. The van der Waals surface area contributed by atoms with Crippen LogP contribution in [0.25, 0.3) is 0 Å². The summed E-state index contributed by atoms with van der Waals surface area (Å²) in [5, 5.41) is 3.33. The zero-order valence-corrected chi connectivity index (χ0v) is 11.3. The molecule has 100 valence electrons. The second-order valence-corrected chi connectivity index (χ2v) is 5.60. The van der Waals surface area contributed by atoms with Gasteiger partial charge >= 0.3 is 0 Å². The quantitative estimate of drug-likeness (QED) is 0.882. The number of nitrogens with one attached hydrogen (secondary N) is 1. The SMILES string of the molecule is CCNCc1cn(C2CCN3CCCC3C2)cn1. The van der Waals surface area contributed by atoms with E-state index >= 15 is 0 Å². The average Bonchev–Trinajstić information content (AvgIpc) is 3.04. The number of nitrogens with zero attached hydrogens (tertiary/aromatic N) is 3. The minimum Gasteiger partial charge on any atom is -0.334 e. The monoisotopic (exact) mass is 248 g/mol. The number of rotatable bonds is 4. The second-order valence-electron chi connectivity index (χ2n) is 5.60. The number of piperidine rings is 1. The van der Waals surface area contributed by atoms with E-state index in [2.05, 4.69) is 32.9 Å². The summed E-state index contributed by atoms with van der Waals surface area (Å²) in [5.41, 5.74) is 1.17.